The van der Waals surface area contributed by atoms with E-state index in [0.29, 0.717) is 19.3 Å². The summed E-state index contributed by atoms with van der Waals surface area (Å²) in [4.78, 5) is 38.3. The Kier molecular flexibility index (Phi) is 59.8. The zero-order valence-corrected chi connectivity index (χ0v) is 49.3. The summed E-state index contributed by atoms with van der Waals surface area (Å²) in [7, 11) is 0. The summed E-state index contributed by atoms with van der Waals surface area (Å²) in [6, 6.07) is 0. The van der Waals surface area contributed by atoms with E-state index in [1.807, 2.05) is 0 Å². The second-order valence-electron chi connectivity index (χ2n) is 21.0. The standard InChI is InChI=1S/C69H118O6/c1-4-7-10-13-16-19-22-25-28-31-33-34-36-39-42-45-48-51-54-57-60-63-69(72)75-66(64-73-67(70)61-58-55-52-49-46-43-40-37-30-27-24-21-18-15-12-9-6-3)65-74-68(71)62-59-56-53-50-47-44-41-38-35-32-29-26-23-20-17-14-11-8-5-2/h17,20,25-30,35,38,40,43-44,47,49,52,66H,4-16,18-19,21-24,31-34,36-37,39,41-42,45-46,48,50-51,53-65H2,1-3H3/b20-17-,28-25-,29-26-,30-27-,38-35-,43-40-,47-44-,52-49-/t66-/m0/s1. The number of esters is 3. The Morgan fingerprint density at radius 1 is 0.267 bits per heavy atom. The van der Waals surface area contributed by atoms with Gasteiger partial charge in [-0.05, 0) is 122 Å². The first-order valence-electron chi connectivity index (χ1n) is 31.7. The lowest BCUT2D eigenvalue weighted by molar-refractivity contribution is -0.167. The lowest BCUT2D eigenvalue weighted by Gasteiger charge is -2.18. The Morgan fingerprint density at radius 2 is 0.493 bits per heavy atom. The normalized spacial score (nSPS) is 12.7. The molecule has 0 rings (SSSR count). The number of carbonyl (C=O) groups excluding carboxylic acids is 3. The van der Waals surface area contributed by atoms with Gasteiger partial charge < -0.3 is 14.2 Å². The summed E-state index contributed by atoms with van der Waals surface area (Å²) < 4.78 is 16.9. The average Bonchev–Trinajstić information content (AvgIpc) is 3.41. The van der Waals surface area contributed by atoms with Crippen LogP contribution in [-0.2, 0) is 28.6 Å². The molecular weight excluding hydrogens is 925 g/mol. The van der Waals surface area contributed by atoms with Crippen LogP contribution in [0.5, 0.6) is 0 Å². The van der Waals surface area contributed by atoms with Crippen LogP contribution in [-0.4, -0.2) is 37.2 Å². The Labute approximate surface area is 464 Å². The predicted molar refractivity (Wildman–Crippen MR) is 325 cm³/mol. The van der Waals surface area contributed by atoms with Gasteiger partial charge in [0.05, 0.1) is 0 Å². The number of hydrogen-bond donors (Lipinski definition) is 0. The van der Waals surface area contributed by atoms with Crippen LogP contribution in [0.4, 0.5) is 0 Å². The Bertz CT molecular complexity index is 1480. The van der Waals surface area contributed by atoms with Crippen molar-refractivity contribution < 1.29 is 28.6 Å². The molecule has 0 aliphatic carbocycles. The van der Waals surface area contributed by atoms with Crippen LogP contribution in [0, 0.1) is 0 Å². The minimum Gasteiger partial charge on any atom is -0.462 e. The third-order valence-corrected chi connectivity index (χ3v) is 13.5. The average molecular weight is 1040 g/mol. The summed E-state index contributed by atoms with van der Waals surface area (Å²) in [6.07, 6.45) is 84.1. The third kappa shape index (κ3) is 61.1. The van der Waals surface area contributed by atoms with E-state index in [9.17, 15) is 14.4 Å². The van der Waals surface area contributed by atoms with E-state index in [4.69, 9.17) is 14.2 Å². The molecule has 0 aromatic carbocycles. The monoisotopic (exact) mass is 1040 g/mol. The number of ether oxygens (including phenoxy) is 3. The van der Waals surface area contributed by atoms with Crippen molar-refractivity contribution in [2.45, 2.75) is 309 Å². The lowest BCUT2D eigenvalue weighted by Crippen LogP contribution is -2.30. The van der Waals surface area contributed by atoms with Crippen molar-refractivity contribution >= 4 is 17.9 Å². The van der Waals surface area contributed by atoms with Crippen molar-refractivity contribution in [3.8, 4) is 0 Å². The van der Waals surface area contributed by atoms with Crippen molar-refractivity contribution in [1.82, 2.24) is 0 Å². The van der Waals surface area contributed by atoms with Gasteiger partial charge in [0, 0.05) is 19.3 Å². The number of rotatable bonds is 57. The van der Waals surface area contributed by atoms with Gasteiger partial charge in [0.25, 0.3) is 0 Å². The highest BCUT2D eigenvalue weighted by molar-refractivity contribution is 5.71. The quantitative estimate of drug-likeness (QED) is 0.0261. The van der Waals surface area contributed by atoms with E-state index in [1.165, 1.54) is 173 Å². The van der Waals surface area contributed by atoms with Crippen LogP contribution in [0.25, 0.3) is 0 Å². The maximum Gasteiger partial charge on any atom is 0.306 e. The van der Waals surface area contributed by atoms with Gasteiger partial charge in [-0.3, -0.25) is 14.4 Å². The number of hydrogen-bond acceptors (Lipinski definition) is 6. The van der Waals surface area contributed by atoms with Crippen LogP contribution in [0.15, 0.2) is 97.2 Å². The molecule has 0 unspecified atom stereocenters. The first-order chi connectivity index (χ1) is 37.0. The Hall–Kier alpha value is -3.67. The third-order valence-electron chi connectivity index (χ3n) is 13.5. The molecule has 6 heteroatoms. The number of carbonyl (C=O) groups is 3. The molecule has 0 aromatic heterocycles. The molecule has 0 spiro atoms. The molecule has 0 aliphatic heterocycles. The van der Waals surface area contributed by atoms with Gasteiger partial charge in [0.2, 0.25) is 0 Å². The minimum atomic E-state index is -0.814. The van der Waals surface area contributed by atoms with Gasteiger partial charge in [0.15, 0.2) is 6.10 Å². The molecule has 0 heterocycles. The van der Waals surface area contributed by atoms with Gasteiger partial charge in [-0.1, -0.05) is 259 Å². The highest BCUT2D eigenvalue weighted by Crippen LogP contribution is 2.15. The van der Waals surface area contributed by atoms with Gasteiger partial charge in [-0.15, -0.1) is 0 Å². The van der Waals surface area contributed by atoms with Gasteiger partial charge in [0.1, 0.15) is 13.2 Å². The van der Waals surface area contributed by atoms with Crippen molar-refractivity contribution in [2.24, 2.45) is 0 Å². The van der Waals surface area contributed by atoms with E-state index in [-0.39, 0.29) is 37.5 Å². The fourth-order valence-electron chi connectivity index (χ4n) is 8.73. The summed E-state index contributed by atoms with van der Waals surface area (Å²) in [5.74, 6) is -0.983. The topological polar surface area (TPSA) is 78.9 Å². The molecule has 0 bridgehead atoms. The molecule has 6 nitrogen and oxygen atoms in total. The molecule has 0 amide bonds. The van der Waals surface area contributed by atoms with Crippen LogP contribution in [0.2, 0.25) is 0 Å². The SMILES string of the molecule is CCCCC/C=C\C/C=C\C/C=C\C/C=C\CCCCCC(=O)OC[C@H](COC(=O)CCC/C=C\C/C=C\C/C=C\CCCCCCCC)OC(=O)CCCCCCCCCCCCC/C=C\CCCCCCCC. The molecule has 1 atom stereocenters. The first kappa shape index (κ1) is 71.3. The maximum absolute atomic E-state index is 12.9. The van der Waals surface area contributed by atoms with E-state index in [1.54, 1.807) is 0 Å². The van der Waals surface area contributed by atoms with Crippen molar-refractivity contribution in [2.75, 3.05) is 13.2 Å². The number of allylic oxidation sites excluding steroid dienone is 16. The van der Waals surface area contributed by atoms with Crippen molar-refractivity contribution in [3.63, 3.8) is 0 Å². The molecule has 0 aromatic rings. The van der Waals surface area contributed by atoms with Crippen LogP contribution in [0.1, 0.15) is 303 Å². The summed E-state index contributed by atoms with van der Waals surface area (Å²) in [6.45, 7) is 6.55. The molecule has 0 fully saturated rings. The van der Waals surface area contributed by atoms with Crippen molar-refractivity contribution in [3.05, 3.63) is 97.2 Å². The largest absolute Gasteiger partial charge is 0.462 e. The summed E-state index contributed by atoms with van der Waals surface area (Å²) in [5, 5.41) is 0. The van der Waals surface area contributed by atoms with Crippen LogP contribution < -0.4 is 0 Å². The van der Waals surface area contributed by atoms with Crippen LogP contribution in [0.3, 0.4) is 0 Å². The van der Waals surface area contributed by atoms with Gasteiger partial charge in [-0.25, -0.2) is 0 Å². The van der Waals surface area contributed by atoms with Gasteiger partial charge in [-0.2, -0.15) is 0 Å². The molecule has 430 valence electrons. The zero-order valence-electron chi connectivity index (χ0n) is 49.3. The molecule has 0 saturated carbocycles. The molecule has 0 radical (unpaired) electrons. The minimum absolute atomic E-state index is 0.110. The summed E-state index contributed by atoms with van der Waals surface area (Å²) in [5.41, 5.74) is 0. The maximum atomic E-state index is 12.9. The molecule has 0 saturated heterocycles. The molecular formula is C69H118O6. The second-order valence-corrected chi connectivity index (χ2v) is 21.0. The Morgan fingerprint density at radius 3 is 0.853 bits per heavy atom. The molecule has 0 N–H and O–H groups in total. The van der Waals surface area contributed by atoms with E-state index in [0.717, 1.165) is 83.5 Å². The molecule has 75 heavy (non-hydrogen) atoms. The summed E-state index contributed by atoms with van der Waals surface area (Å²) >= 11 is 0. The van der Waals surface area contributed by atoms with Crippen molar-refractivity contribution in [1.29, 1.82) is 0 Å². The highest BCUT2D eigenvalue weighted by atomic mass is 16.6. The Balaban J connectivity index is 4.49. The molecule has 0 aliphatic rings. The van der Waals surface area contributed by atoms with Crippen LogP contribution >= 0.6 is 0 Å². The first-order valence-corrected chi connectivity index (χ1v) is 31.7. The fourth-order valence-corrected chi connectivity index (χ4v) is 8.73. The lowest BCUT2D eigenvalue weighted by atomic mass is 10.0. The predicted octanol–water partition coefficient (Wildman–Crippen LogP) is 21.7. The smallest absolute Gasteiger partial charge is 0.306 e. The zero-order chi connectivity index (χ0) is 54.3. The second kappa shape index (κ2) is 62.9. The fraction of sp³-hybridized carbons (Fsp3) is 0.725. The van der Waals surface area contributed by atoms with E-state index in [2.05, 4.69) is 118 Å². The van der Waals surface area contributed by atoms with E-state index >= 15 is 0 Å². The van der Waals surface area contributed by atoms with Gasteiger partial charge >= 0.3 is 17.9 Å². The highest BCUT2D eigenvalue weighted by Gasteiger charge is 2.19. The number of unbranched alkanes of at least 4 members (excludes halogenated alkanes) is 30. The van der Waals surface area contributed by atoms with E-state index < -0.39 is 6.10 Å².